The molecule has 31 heavy (non-hydrogen) atoms. The van der Waals surface area contributed by atoms with E-state index < -0.39 is 29.4 Å². The van der Waals surface area contributed by atoms with Crippen LogP contribution in [-0.2, 0) is 16.0 Å². The molecule has 0 spiro atoms. The number of aryl methyl sites for hydroxylation is 1. The van der Waals surface area contributed by atoms with Crippen molar-refractivity contribution in [3.05, 3.63) is 64.1 Å². The zero-order valence-corrected chi connectivity index (χ0v) is 17.4. The van der Waals surface area contributed by atoms with Gasteiger partial charge in [0.1, 0.15) is 0 Å². The molecular weight excluding hydrogens is 427 g/mol. The lowest BCUT2D eigenvalue weighted by Gasteiger charge is -2.08. The van der Waals surface area contributed by atoms with E-state index in [0.717, 1.165) is 0 Å². The van der Waals surface area contributed by atoms with Gasteiger partial charge in [0.2, 0.25) is 5.91 Å². The van der Waals surface area contributed by atoms with Gasteiger partial charge >= 0.3 is 5.97 Å². The van der Waals surface area contributed by atoms with Crippen molar-refractivity contribution < 1.29 is 29.0 Å². The van der Waals surface area contributed by atoms with Crippen LogP contribution in [0, 0.1) is 12.7 Å². The van der Waals surface area contributed by atoms with Crippen molar-refractivity contribution in [2.75, 3.05) is 6.54 Å². The van der Waals surface area contributed by atoms with Crippen LogP contribution in [0.2, 0.25) is 5.02 Å². The number of nitrogens with one attached hydrogen (secondary N) is 1. The summed E-state index contributed by atoms with van der Waals surface area (Å²) in [6, 6.07) is 8.88. The Kier molecular flexibility index (Phi) is 6.60. The molecule has 0 fully saturated rings. The third-order valence-corrected chi connectivity index (χ3v) is 5.22. The number of phenolic OH excluding ortho intramolecular Hbond substituents is 1. The smallest absolute Gasteiger partial charge is 0.305 e. The molecule has 9 heteroatoms. The predicted octanol–water partition coefficient (Wildman–Crippen LogP) is 3.66. The summed E-state index contributed by atoms with van der Waals surface area (Å²) in [5.41, 5.74) is 1.47. The van der Waals surface area contributed by atoms with Crippen LogP contribution in [0.3, 0.4) is 0 Å². The number of hydrogen-bond donors (Lipinski definition) is 3. The van der Waals surface area contributed by atoms with E-state index in [4.69, 9.17) is 16.7 Å². The number of benzene rings is 2. The van der Waals surface area contributed by atoms with Gasteiger partial charge in [0, 0.05) is 34.6 Å². The van der Waals surface area contributed by atoms with E-state index in [2.05, 4.69) is 5.32 Å². The van der Waals surface area contributed by atoms with E-state index in [1.54, 1.807) is 31.2 Å². The summed E-state index contributed by atoms with van der Waals surface area (Å²) in [7, 11) is 0. The molecule has 0 radical (unpaired) electrons. The molecule has 162 valence electrons. The van der Waals surface area contributed by atoms with Crippen LogP contribution in [0.5, 0.6) is 5.75 Å². The van der Waals surface area contributed by atoms with Gasteiger partial charge in [-0.2, -0.15) is 0 Å². The largest absolute Gasteiger partial charge is 0.505 e. The Morgan fingerprint density at radius 3 is 2.42 bits per heavy atom. The highest BCUT2D eigenvalue weighted by atomic mass is 35.5. The van der Waals surface area contributed by atoms with Crippen LogP contribution in [0.1, 0.15) is 34.5 Å². The Balaban J connectivity index is 1.98. The molecule has 1 heterocycles. The SMILES string of the molecule is Cc1c(CCC(=O)NCCC(=O)O)c2c(F)c(O)ccc2n1C(=O)c1ccc(Cl)cc1. The van der Waals surface area contributed by atoms with Crippen LogP contribution in [-0.4, -0.2) is 39.1 Å². The van der Waals surface area contributed by atoms with Gasteiger partial charge in [-0.15, -0.1) is 0 Å². The maximum Gasteiger partial charge on any atom is 0.305 e. The molecule has 7 nitrogen and oxygen atoms in total. The Labute approximate surface area is 182 Å². The molecular formula is C22H20ClFN2O5. The monoisotopic (exact) mass is 446 g/mol. The number of carboxylic acids is 1. The van der Waals surface area contributed by atoms with Crippen LogP contribution in [0.4, 0.5) is 4.39 Å². The topological polar surface area (TPSA) is 109 Å². The van der Waals surface area contributed by atoms with E-state index in [1.807, 2.05) is 0 Å². The summed E-state index contributed by atoms with van der Waals surface area (Å²) in [5.74, 6) is -3.26. The van der Waals surface area contributed by atoms with E-state index in [9.17, 15) is 23.9 Å². The van der Waals surface area contributed by atoms with Gasteiger partial charge in [-0.1, -0.05) is 11.6 Å². The Morgan fingerprint density at radius 1 is 1.10 bits per heavy atom. The van der Waals surface area contributed by atoms with Crippen LogP contribution in [0.15, 0.2) is 36.4 Å². The highest BCUT2D eigenvalue weighted by Gasteiger charge is 2.24. The summed E-state index contributed by atoms with van der Waals surface area (Å²) in [4.78, 5) is 35.8. The van der Waals surface area contributed by atoms with Crippen molar-refractivity contribution in [1.82, 2.24) is 9.88 Å². The second-order valence-electron chi connectivity index (χ2n) is 7.00. The minimum absolute atomic E-state index is 0.0148. The number of phenols is 1. The summed E-state index contributed by atoms with van der Waals surface area (Å²) < 4.78 is 16.2. The summed E-state index contributed by atoms with van der Waals surface area (Å²) in [6.07, 6.45) is -0.144. The van der Waals surface area contributed by atoms with E-state index >= 15 is 0 Å². The van der Waals surface area contributed by atoms with Crippen molar-refractivity contribution in [3.63, 3.8) is 0 Å². The van der Waals surface area contributed by atoms with Crippen molar-refractivity contribution in [2.45, 2.75) is 26.2 Å². The highest BCUT2D eigenvalue weighted by molar-refractivity contribution is 6.30. The average Bonchev–Trinajstić information content (AvgIpc) is 3.01. The fourth-order valence-corrected chi connectivity index (χ4v) is 3.58. The Hall–Kier alpha value is -3.39. The molecule has 1 aromatic heterocycles. The number of aliphatic carboxylic acids is 1. The number of aromatic hydroxyl groups is 1. The number of amides is 1. The van der Waals surface area contributed by atoms with Crippen LogP contribution >= 0.6 is 11.6 Å². The minimum atomic E-state index is -1.03. The van der Waals surface area contributed by atoms with E-state index in [1.165, 1.54) is 16.7 Å². The van der Waals surface area contributed by atoms with E-state index in [0.29, 0.717) is 21.8 Å². The van der Waals surface area contributed by atoms with Crippen LogP contribution < -0.4 is 5.32 Å². The molecule has 0 aliphatic rings. The number of carbonyl (C=O) groups is 3. The highest BCUT2D eigenvalue weighted by Crippen LogP contribution is 2.34. The summed E-state index contributed by atoms with van der Waals surface area (Å²) in [5, 5.41) is 21.5. The van der Waals surface area contributed by atoms with Gasteiger partial charge in [-0.3, -0.25) is 19.0 Å². The standard InChI is InChI=1S/C22H20ClFN2O5/c1-12-15(6-9-18(28)25-11-10-19(29)30)20-16(7-8-17(27)21(20)24)26(12)22(31)13-2-4-14(23)5-3-13/h2-5,7-8,27H,6,9-11H2,1H3,(H,25,28)(H,29,30). The third kappa shape index (κ3) is 4.69. The Bertz CT molecular complexity index is 1170. The first-order chi connectivity index (χ1) is 14.7. The lowest BCUT2D eigenvalue weighted by atomic mass is 10.0. The molecule has 2 aromatic carbocycles. The predicted molar refractivity (Wildman–Crippen MR) is 113 cm³/mol. The number of carboxylic acid groups (broad SMARTS) is 1. The molecule has 3 N–H and O–H groups in total. The molecule has 0 bridgehead atoms. The molecule has 0 atom stereocenters. The summed E-state index contributed by atoms with van der Waals surface area (Å²) in [6.45, 7) is 1.63. The van der Waals surface area contributed by atoms with Gasteiger partial charge < -0.3 is 15.5 Å². The molecule has 1 amide bonds. The van der Waals surface area contributed by atoms with Gasteiger partial charge in [0.15, 0.2) is 11.6 Å². The molecule has 0 unspecified atom stereocenters. The lowest BCUT2D eigenvalue weighted by molar-refractivity contribution is -0.136. The van der Waals surface area contributed by atoms with Crippen molar-refractivity contribution in [3.8, 4) is 5.75 Å². The van der Waals surface area contributed by atoms with E-state index in [-0.39, 0.29) is 36.7 Å². The number of fused-ring (bicyclic) bond motifs is 1. The number of carbonyl (C=O) groups excluding carboxylic acids is 2. The number of nitrogens with zero attached hydrogens (tertiary/aromatic N) is 1. The molecule has 0 aliphatic heterocycles. The van der Waals surface area contributed by atoms with Crippen LogP contribution in [0.25, 0.3) is 10.9 Å². The number of rotatable bonds is 7. The first-order valence-corrected chi connectivity index (χ1v) is 9.88. The first kappa shape index (κ1) is 22.3. The molecule has 3 aromatic rings. The number of halogens is 2. The quantitative estimate of drug-likeness (QED) is 0.513. The van der Waals surface area contributed by atoms with Gasteiger partial charge in [0.05, 0.1) is 11.9 Å². The fraction of sp³-hybridized carbons (Fsp3) is 0.227. The van der Waals surface area contributed by atoms with Gasteiger partial charge in [0.25, 0.3) is 5.91 Å². The molecule has 0 saturated heterocycles. The second kappa shape index (κ2) is 9.18. The minimum Gasteiger partial charge on any atom is -0.505 e. The summed E-state index contributed by atoms with van der Waals surface area (Å²) >= 11 is 5.89. The third-order valence-electron chi connectivity index (χ3n) is 4.97. The molecule has 0 saturated carbocycles. The second-order valence-corrected chi connectivity index (χ2v) is 7.43. The zero-order valence-electron chi connectivity index (χ0n) is 16.6. The maximum absolute atomic E-state index is 14.8. The van der Waals surface area contributed by atoms with Crippen molar-refractivity contribution in [2.24, 2.45) is 0 Å². The lowest BCUT2D eigenvalue weighted by Crippen LogP contribution is -2.26. The average molecular weight is 447 g/mol. The number of aromatic nitrogens is 1. The fourth-order valence-electron chi connectivity index (χ4n) is 3.45. The molecule has 0 aliphatic carbocycles. The van der Waals surface area contributed by atoms with Gasteiger partial charge in [-0.05, 0) is 55.3 Å². The van der Waals surface area contributed by atoms with Gasteiger partial charge in [-0.25, -0.2) is 4.39 Å². The maximum atomic E-state index is 14.8. The van der Waals surface area contributed by atoms with Crippen molar-refractivity contribution >= 4 is 40.3 Å². The number of hydrogen-bond acceptors (Lipinski definition) is 4. The Morgan fingerprint density at radius 2 is 1.77 bits per heavy atom. The normalized spacial score (nSPS) is 10.9. The van der Waals surface area contributed by atoms with Crippen molar-refractivity contribution in [1.29, 1.82) is 0 Å². The zero-order chi connectivity index (χ0) is 22.7. The molecule has 3 rings (SSSR count). The first-order valence-electron chi connectivity index (χ1n) is 9.50.